The zero-order valence-corrected chi connectivity index (χ0v) is 12.9. The Morgan fingerprint density at radius 1 is 1.04 bits per heavy atom. The Labute approximate surface area is 133 Å². The molecule has 0 fully saturated rings. The van der Waals surface area contributed by atoms with Crippen LogP contribution < -0.4 is 4.74 Å². The highest BCUT2D eigenvalue weighted by molar-refractivity contribution is 5.83. The van der Waals surface area contributed by atoms with Crippen molar-refractivity contribution < 1.29 is 9.26 Å². The largest absolute Gasteiger partial charge is 0.497 e. The molecular formula is C18H15N3O2. The summed E-state index contributed by atoms with van der Waals surface area (Å²) in [6.07, 6.45) is 1.64. The monoisotopic (exact) mass is 305 g/mol. The molecular weight excluding hydrogens is 290 g/mol. The van der Waals surface area contributed by atoms with Gasteiger partial charge in [0.15, 0.2) is 5.82 Å². The average molecular weight is 305 g/mol. The summed E-state index contributed by atoms with van der Waals surface area (Å²) in [6, 6.07) is 16.0. The summed E-state index contributed by atoms with van der Waals surface area (Å²) in [5.41, 5.74) is 4.68. The summed E-state index contributed by atoms with van der Waals surface area (Å²) >= 11 is 0. The number of methoxy groups -OCH3 is 1. The van der Waals surface area contributed by atoms with Crippen molar-refractivity contribution in [3.05, 3.63) is 60.5 Å². The molecule has 0 atom stereocenters. The first kappa shape index (κ1) is 13.6. The van der Waals surface area contributed by atoms with Crippen molar-refractivity contribution in [3.8, 4) is 22.8 Å². The lowest BCUT2D eigenvalue weighted by molar-refractivity contribution is 0.414. The fourth-order valence-corrected chi connectivity index (χ4v) is 2.71. The van der Waals surface area contributed by atoms with Crippen LogP contribution in [0.25, 0.3) is 28.1 Å². The van der Waals surface area contributed by atoms with Gasteiger partial charge in [-0.25, -0.2) is 4.98 Å². The van der Waals surface area contributed by atoms with E-state index in [1.165, 1.54) is 0 Å². The molecule has 0 bridgehead atoms. The molecule has 0 unspecified atom stereocenters. The van der Waals surface area contributed by atoms with Gasteiger partial charge in [-0.05, 0) is 43.3 Å². The van der Waals surface area contributed by atoms with Crippen LogP contribution >= 0.6 is 0 Å². The minimum atomic E-state index is 0.815. The molecule has 0 radical (unpaired) electrons. The first-order valence-electron chi connectivity index (χ1n) is 7.31. The SMILES string of the molecule is COc1ccc(-n2c(-c3conc3C)nc3ccccc32)cc1. The van der Waals surface area contributed by atoms with Crippen molar-refractivity contribution >= 4 is 11.0 Å². The molecule has 2 aromatic carbocycles. The fraction of sp³-hybridized carbons (Fsp3) is 0.111. The van der Waals surface area contributed by atoms with Gasteiger partial charge < -0.3 is 9.26 Å². The Morgan fingerprint density at radius 3 is 2.52 bits per heavy atom. The minimum Gasteiger partial charge on any atom is -0.497 e. The fourth-order valence-electron chi connectivity index (χ4n) is 2.71. The Morgan fingerprint density at radius 2 is 1.83 bits per heavy atom. The number of imidazole rings is 1. The van der Waals surface area contributed by atoms with Gasteiger partial charge in [0.25, 0.3) is 0 Å². The van der Waals surface area contributed by atoms with Gasteiger partial charge in [-0.2, -0.15) is 0 Å². The Bertz CT molecular complexity index is 968. The summed E-state index contributed by atoms with van der Waals surface area (Å²) in [5.74, 6) is 1.64. The molecule has 4 rings (SSSR count). The van der Waals surface area contributed by atoms with E-state index < -0.39 is 0 Å². The van der Waals surface area contributed by atoms with Crippen molar-refractivity contribution in [1.29, 1.82) is 0 Å². The third kappa shape index (κ3) is 2.17. The maximum Gasteiger partial charge on any atom is 0.150 e. The standard InChI is InChI=1S/C18H15N3O2/c1-12-15(11-23-20-12)18-19-16-5-3-4-6-17(16)21(18)13-7-9-14(22-2)10-8-13/h3-11H,1-2H3. The zero-order valence-electron chi connectivity index (χ0n) is 12.9. The number of aromatic nitrogens is 3. The Hall–Kier alpha value is -3.08. The number of rotatable bonds is 3. The molecule has 0 spiro atoms. The summed E-state index contributed by atoms with van der Waals surface area (Å²) in [5, 5.41) is 3.98. The van der Waals surface area contributed by atoms with Crippen LogP contribution in [0.4, 0.5) is 0 Å². The van der Waals surface area contributed by atoms with Crippen molar-refractivity contribution in [3.63, 3.8) is 0 Å². The van der Waals surface area contributed by atoms with Gasteiger partial charge >= 0.3 is 0 Å². The van der Waals surface area contributed by atoms with Crippen LogP contribution in [0.15, 0.2) is 59.3 Å². The van der Waals surface area contributed by atoms with Crippen LogP contribution in [0.1, 0.15) is 5.69 Å². The number of ether oxygens (including phenoxy) is 1. The van der Waals surface area contributed by atoms with Crippen LogP contribution in [0.5, 0.6) is 5.75 Å². The third-order valence-electron chi connectivity index (χ3n) is 3.88. The van der Waals surface area contributed by atoms with E-state index in [0.717, 1.165) is 39.6 Å². The molecule has 5 heteroatoms. The number of fused-ring (bicyclic) bond motifs is 1. The van der Waals surface area contributed by atoms with Crippen molar-refractivity contribution in [2.75, 3.05) is 7.11 Å². The number of hydrogen-bond acceptors (Lipinski definition) is 4. The van der Waals surface area contributed by atoms with E-state index in [-0.39, 0.29) is 0 Å². The van der Waals surface area contributed by atoms with E-state index in [1.54, 1.807) is 13.4 Å². The van der Waals surface area contributed by atoms with Crippen LogP contribution in [-0.4, -0.2) is 21.8 Å². The first-order valence-corrected chi connectivity index (χ1v) is 7.31. The molecule has 2 heterocycles. The molecule has 0 aliphatic heterocycles. The summed E-state index contributed by atoms with van der Waals surface area (Å²) < 4.78 is 12.5. The number of hydrogen-bond donors (Lipinski definition) is 0. The molecule has 0 amide bonds. The van der Waals surface area contributed by atoms with Gasteiger partial charge in [-0.3, -0.25) is 4.57 Å². The predicted octanol–water partition coefficient (Wildman–Crippen LogP) is 4.00. The highest BCUT2D eigenvalue weighted by Gasteiger charge is 2.17. The molecule has 114 valence electrons. The molecule has 4 aromatic rings. The van der Waals surface area contributed by atoms with Gasteiger partial charge in [0.2, 0.25) is 0 Å². The second-order valence-electron chi connectivity index (χ2n) is 5.27. The lowest BCUT2D eigenvalue weighted by Gasteiger charge is -2.09. The van der Waals surface area contributed by atoms with Crippen LogP contribution in [0.2, 0.25) is 0 Å². The summed E-state index contributed by atoms with van der Waals surface area (Å²) in [7, 11) is 1.66. The van der Waals surface area contributed by atoms with Gasteiger partial charge in [0.05, 0.1) is 29.4 Å². The highest BCUT2D eigenvalue weighted by atomic mass is 16.5. The van der Waals surface area contributed by atoms with Gasteiger partial charge in [-0.1, -0.05) is 17.3 Å². The Balaban J connectivity index is 2.01. The second kappa shape index (κ2) is 5.28. The number of benzene rings is 2. The van der Waals surface area contributed by atoms with Crippen molar-refractivity contribution in [2.24, 2.45) is 0 Å². The second-order valence-corrected chi connectivity index (χ2v) is 5.27. The van der Waals surface area contributed by atoms with Gasteiger partial charge in [0.1, 0.15) is 12.0 Å². The Kier molecular flexibility index (Phi) is 3.12. The zero-order chi connectivity index (χ0) is 15.8. The summed E-state index contributed by atoms with van der Waals surface area (Å²) in [6.45, 7) is 1.91. The van der Waals surface area contributed by atoms with Gasteiger partial charge in [-0.15, -0.1) is 0 Å². The normalized spacial score (nSPS) is 11.0. The third-order valence-corrected chi connectivity index (χ3v) is 3.88. The molecule has 0 aliphatic carbocycles. The van der Waals surface area contributed by atoms with Crippen LogP contribution in [-0.2, 0) is 0 Å². The molecule has 0 saturated carbocycles. The van der Waals surface area contributed by atoms with E-state index >= 15 is 0 Å². The van der Waals surface area contributed by atoms with Crippen LogP contribution in [0, 0.1) is 6.92 Å². The molecule has 0 aliphatic rings. The maximum atomic E-state index is 5.25. The van der Waals surface area contributed by atoms with E-state index in [1.807, 2.05) is 49.4 Å². The molecule has 2 aromatic heterocycles. The molecule has 0 saturated heterocycles. The molecule has 23 heavy (non-hydrogen) atoms. The van der Waals surface area contributed by atoms with Crippen molar-refractivity contribution in [2.45, 2.75) is 6.92 Å². The number of nitrogens with zero attached hydrogens (tertiary/aromatic N) is 3. The van der Waals surface area contributed by atoms with E-state index in [9.17, 15) is 0 Å². The quantitative estimate of drug-likeness (QED) is 0.574. The molecule has 0 N–H and O–H groups in total. The van der Waals surface area contributed by atoms with E-state index in [0.29, 0.717) is 0 Å². The predicted molar refractivity (Wildman–Crippen MR) is 87.9 cm³/mol. The van der Waals surface area contributed by atoms with Crippen LogP contribution in [0.3, 0.4) is 0 Å². The number of para-hydroxylation sites is 2. The number of aryl methyl sites for hydroxylation is 1. The average Bonchev–Trinajstić information content (AvgIpc) is 3.18. The van der Waals surface area contributed by atoms with Gasteiger partial charge in [0, 0.05) is 5.69 Å². The highest BCUT2D eigenvalue weighted by Crippen LogP contribution is 2.30. The smallest absolute Gasteiger partial charge is 0.150 e. The van der Waals surface area contributed by atoms with E-state index in [4.69, 9.17) is 14.2 Å². The maximum absolute atomic E-state index is 5.25. The lowest BCUT2D eigenvalue weighted by atomic mass is 10.2. The summed E-state index contributed by atoms with van der Waals surface area (Å²) in [4.78, 5) is 4.77. The van der Waals surface area contributed by atoms with E-state index in [2.05, 4.69) is 15.8 Å². The minimum absolute atomic E-state index is 0.815. The topological polar surface area (TPSA) is 53.1 Å². The molecule has 5 nitrogen and oxygen atoms in total. The first-order chi connectivity index (χ1) is 11.3. The lowest BCUT2D eigenvalue weighted by Crippen LogP contribution is -1.98. The van der Waals surface area contributed by atoms with Crippen molar-refractivity contribution in [1.82, 2.24) is 14.7 Å².